The number of rotatable bonds is 6. The number of hydrogen-bond donors (Lipinski definition) is 0. The van der Waals surface area contributed by atoms with Crippen LogP contribution < -0.4 is 14.9 Å². The second-order valence-electron chi connectivity index (χ2n) is 7.70. The molecule has 0 unspecified atom stereocenters. The summed E-state index contributed by atoms with van der Waals surface area (Å²) in [7, 11) is 0. The predicted molar refractivity (Wildman–Crippen MR) is 123 cm³/mol. The molecule has 4 rings (SSSR count). The van der Waals surface area contributed by atoms with Crippen LogP contribution in [0.3, 0.4) is 0 Å². The fourth-order valence-electron chi connectivity index (χ4n) is 3.41. The van der Waals surface area contributed by atoms with Crippen molar-refractivity contribution in [1.29, 1.82) is 0 Å². The van der Waals surface area contributed by atoms with Crippen molar-refractivity contribution in [3.63, 3.8) is 0 Å². The van der Waals surface area contributed by atoms with E-state index in [9.17, 15) is 43.0 Å². The van der Waals surface area contributed by atoms with Crippen molar-refractivity contribution >= 4 is 28.3 Å². The predicted octanol–water partition coefficient (Wildman–Crippen LogP) is 5.95. The molecule has 194 valence electrons. The molecule has 4 aromatic rings. The average Bonchev–Trinajstić information content (AvgIpc) is 2.87. The molecule has 14 heteroatoms. The normalized spacial score (nSPS) is 11.3. The maximum atomic E-state index is 13.9. The Bertz CT molecular complexity index is 1660. The van der Waals surface area contributed by atoms with Gasteiger partial charge in [0.25, 0.3) is 17.1 Å². The quantitative estimate of drug-likeness (QED) is 0.127. The van der Waals surface area contributed by atoms with Gasteiger partial charge in [-0.2, -0.15) is 13.2 Å². The number of alkyl halides is 3. The fourth-order valence-corrected chi connectivity index (χ4v) is 3.41. The minimum Gasteiger partial charge on any atom is -0.449 e. The number of nitro groups is 2. The molecule has 0 spiro atoms. The number of non-ortho nitro benzene ring substituents is 2. The number of halogens is 3. The topological polar surface area (TPSA) is 152 Å². The van der Waals surface area contributed by atoms with Crippen LogP contribution in [-0.4, -0.2) is 15.8 Å². The summed E-state index contributed by atoms with van der Waals surface area (Å²) in [5.74, 6) is -4.55. The van der Waals surface area contributed by atoms with E-state index in [4.69, 9.17) is 13.9 Å². The van der Waals surface area contributed by atoms with E-state index in [1.165, 1.54) is 19.1 Å². The van der Waals surface area contributed by atoms with E-state index in [2.05, 4.69) is 0 Å². The number of ether oxygens (including phenoxy) is 2. The Kier molecular flexibility index (Phi) is 6.55. The molecule has 1 aromatic heterocycles. The van der Waals surface area contributed by atoms with Gasteiger partial charge in [0.1, 0.15) is 17.1 Å². The van der Waals surface area contributed by atoms with Gasteiger partial charge in [-0.1, -0.05) is 6.07 Å². The number of nitro benzene ring substituents is 2. The maximum Gasteiger partial charge on any atom is 0.453 e. The van der Waals surface area contributed by atoms with Crippen molar-refractivity contribution in [2.75, 3.05) is 0 Å². The number of carbonyl (C=O) groups is 1. The van der Waals surface area contributed by atoms with E-state index in [1.807, 2.05) is 0 Å². The monoisotopic (exact) mass is 530 g/mol. The summed E-state index contributed by atoms with van der Waals surface area (Å²) in [6.07, 6.45) is -5.19. The largest absolute Gasteiger partial charge is 0.453 e. The molecule has 1 heterocycles. The molecule has 0 aliphatic carbocycles. The molecule has 0 atom stereocenters. The highest BCUT2D eigenvalue weighted by atomic mass is 19.4. The van der Waals surface area contributed by atoms with Gasteiger partial charge in [0.15, 0.2) is 0 Å². The number of aryl methyl sites for hydroxylation is 1. The van der Waals surface area contributed by atoms with Crippen LogP contribution >= 0.6 is 0 Å². The molecule has 0 amide bonds. The van der Waals surface area contributed by atoms with E-state index in [-0.39, 0.29) is 39.4 Å². The number of benzene rings is 3. The average molecular weight is 530 g/mol. The summed E-state index contributed by atoms with van der Waals surface area (Å²) in [6, 6.07) is 10.8. The number of hydrogen-bond acceptors (Lipinski definition) is 9. The van der Waals surface area contributed by atoms with Crippen LogP contribution in [0.2, 0.25) is 0 Å². The van der Waals surface area contributed by atoms with E-state index in [0.717, 1.165) is 48.5 Å². The second-order valence-corrected chi connectivity index (χ2v) is 7.70. The van der Waals surface area contributed by atoms with Gasteiger partial charge in [0.05, 0.1) is 20.8 Å². The lowest BCUT2D eigenvalue weighted by Crippen LogP contribution is -2.16. The molecule has 0 aliphatic heterocycles. The third kappa shape index (κ3) is 5.00. The second kappa shape index (κ2) is 9.65. The lowest BCUT2D eigenvalue weighted by atomic mass is 10.1. The summed E-state index contributed by atoms with van der Waals surface area (Å²) < 4.78 is 57.0. The van der Waals surface area contributed by atoms with Crippen molar-refractivity contribution in [2.45, 2.75) is 13.1 Å². The van der Waals surface area contributed by atoms with Crippen LogP contribution in [0.5, 0.6) is 17.2 Å². The highest BCUT2D eigenvalue weighted by Crippen LogP contribution is 2.40. The van der Waals surface area contributed by atoms with E-state index in [0.29, 0.717) is 0 Å². The minimum atomic E-state index is -5.19. The maximum absolute atomic E-state index is 13.9. The molecule has 0 aliphatic rings. The third-order valence-corrected chi connectivity index (χ3v) is 5.24. The van der Waals surface area contributed by atoms with Crippen LogP contribution in [0, 0.1) is 27.2 Å². The molecule has 0 fully saturated rings. The van der Waals surface area contributed by atoms with Crippen LogP contribution in [0.1, 0.15) is 21.7 Å². The number of carbonyl (C=O) groups excluding carboxylic acids is 1. The Morgan fingerprint density at radius 1 is 0.947 bits per heavy atom. The smallest absolute Gasteiger partial charge is 0.449 e. The zero-order valence-electron chi connectivity index (χ0n) is 19.0. The van der Waals surface area contributed by atoms with Gasteiger partial charge < -0.3 is 13.9 Å². The summed E-state index contributed by atoms with van der Waals surface area (Å²) in [5.41, 5.74) is -2.79. The molecule has 0 saturated heterocycles. The van der Waals surface area contributed by atoms with Crippen molar-refractivity contribution in [3.8, 4) is 17.2 Å². The molecule has 3 aromatic carbocycles. The first-order valence-corrected chi connectivity index (χ1v) is 10.4. The van der Waals surface area contributed by atoms with Crippen LogP contribution in [0.25, 0.3) is 11.0 Å². The lowest BCUT2D eigenvalue weighted by Gasteiger charge is -2.15. The van der Waals surface area contributed by atoms with Gasteiger partial charge in [-0.3, -0.25) is 25.0 Å². The van der Waals surface area contributed by atoms with Crippen molar-refractivity contribution in [3.05, 3.63) is 108 Å². The van der Waals surface area contributed by atoms with Crippen molar-refractivity contribution in [1.82, 2.24) is 0 Å². The van der Waals surface area contributed by atoms with Gasteiger partial charge >= 0.3 is 12.1 Å². The Balaban J connectivity index is 1.77. The molecular weight excluding hydrogens is 517 g/mol. The van der Waals surface area contributed by atoms with E-state index >= 15 is 0 Å². The summed E-state index contributed by atoms with van der Waals surface area (Å²) >= 11 is 0. The highest BCUT2D eigenvalue weighted by molar-refractivity contribution is 5.93. The molecule has 11 nitrogen and oxygen atoms in total. The Morgan fingerprint density at radius 3 is 2.21 bits per heavy atom. The molecule has 0 saturated carbocycles. The highest BCUT2D eigenvalue weighted by Gasteiger charge is 2.41. The Morgan fingerprint density at radius 2 is 1.61 bits per heavy atom. The first-order valence-electron chi connectivity index (χ1n) is 10.4. The van der Waals surface area contributed by atoms with E-state index < -0.39 is 44.5 Å². The van der Waals surface area contributed by atoms with Gasteiger partial charge in [-0.15, -0.1) is 0 Å². The van der Waals surface area contributed by atoms with Crippen molar-refractivity contribution < 1.29 is 41.7 Å². The minimum absolute atomic E-state index is 0.134. The molecule has 0 radical (unpaired) electrons. The Labute approximate surface area is 208 Å². The van der Waals surface area contributed by atoms with Crippen LogP contribution in [0.15, 0.2) is 69.9 Å². The lowest BCUT2D eigenvalue weighted by molar-refractivity contribution is -0.385. The van der Waals surface area contributed by atoms with Gasteiger partial charge in [-0.05, 0) is 37.3 Å². The molecule has 38 heavy (non-hydrogen) atoms. The van der Waals surface area contributed by atoms with Gasteiger partial charge in [0.2, 0.25) is 11.2 Å². The number of esters is 1. The zero-order chi connectivity index (χ0) is 27.8. The SMILES string of the molecule is Cc1c(OC(=O)c2cccc([N+](=O)[O-])c2)ccc2c(=O)c(Oc3ccc([N+](=O)[O-])cc3)c(C(F)(F)F)oc12. The summed E-state index contributed by atoms with van der Waals surface area (Å²) in [6.45, 7) is 1.25. The van der Waals surface area contributed by atoms with Crippen LogP contribution in [0.4, 0.5) is 24.5 Å². The summed E-state index contributed by atoms with van der Waals surface area (Å²) in [4.78, 5) is 45.8. The number of fused-ring (bicyclic) bond motifs is 1. The van der Waals surface area contributed by atoms with Gasteiger partial charge in [0, 0.05) is 29.8 Å². The Hall–Kier alpha value is -5.27. The van der Waals surface area contributed by atoms with Crippen LogP contribution in [-0.2, 0) is 6.18 Å². The van der Waals surface area contributed by atoms with E-state index in [1.54, 1.807) is 0 Å². The molecular formula is C24H13F3N2O9. The third-order valence-electron chi connectivity index (χ3n) is 5.24. The first kappa shape index (κ1) is 25.8. The number of nitrogens with zero attached hydrogens (tertiary/aromatic N) is 2. The van der Waals surface area contributed by atoms with Gasteiger partial charge in [-0.25, -0.2) is 4.79 Å². The first-order chi connectivity index (χ1) is 17.9. The zero-order valence-corrected chi connectivity index (χ0v) is 19.0. The standard InChI is InChI=1S/C24H13F3N2O9/c1-12-18(37-23(31)13-3-2-4-15(11-13)29(34)35)10-9-17-19(30)21(22(24(25,26)27)38-20(12)17)36-16-7-5-14(6-8-16)28(32)33/h2-11H,1H3. The fraction of sp³-hybridized carbons (Fsp3) is 0.0833. The molecule has 0 N–H and O–H groups in total. The molecule has 0 bridgehead atoms. The summed E-state index contributed by atoms with van der Waals surface area (Å²) in [5, 5.41) is 21.4. The van der Waals surface area contributed by atoms with Crippen molar-refractivity contribution in [2.24, 2.45) is 0 Å².